The summed E-state index contributed by atoms with van der Waals surface area (Å²) in [6.07, 6.45) is 2.38. The molecule has 0 aromatic heterocycles. The molecular formula is C22H25N3O3. The van der Waals surface area contributed by atoms with Gasteiger partial charge >= 0.3 is 0 Å². The van der Waals surface area contributed by atoms with E-state index >= 15 is 0 Å². The van der Waals surface area contributed by atoms with Gasteiger partial charge in [0, 0.05) is 31.6 Å². The molecule has 0 spiro atoms. The Morgan fingerprint density at radius 1 is 0.964 bits per heavy atom. The molecule has 1 fully saturated rings. The van der Waals surface area contributed by atoms with Gasteiger partial charge in [0.25, 0.3) is 11.8 Å². The van der Waals surface area contributed by atoms with E-state index in [4.69, 9.17) is 0 Å². The Morgan fingerprint density at radius 2 is 1.71 bits per heavy atom. The summed E-state index contributed by atoms with van der Waals surface area (Å²) < 4.78 is 0. The van der Waals surface area contributed by atoms with Crippen molar-refractivity contribution >= 4 is 23.4 Å². The van der Waals surface area contributed by atoms with Gasteiger partial charge in [0.05, 0.1) is 11.3 Å². The van der Waals surface area contributed by atoms with E-state index in [1.54, 1.807) is 36.4 Å². The number of para-hydroxylation sites is 1. The fraction of sp³-hybridized carbons (Fsp3) is 0.318. The zero-order chi connectivity index (χ0) is 19.9. The molecule has 6 nitrogen and oxygen atoms in total. The highest BCUT2D eigenvalue weighted by molar-refractivity contribution is 6.09. The van der Waals surface area contributed by atoms with Gasteiger partial charge in [-0.15, -0.1) is 0 Å². The Hall–Kier alpha value is -3.15. The predicted molar refractivity (Wildman–Crippen MR) is 108 cm³/mol. The lowest BCUT2D eigenvalue weighted by Gasteiger charge is -2.15. The first kappa shape index (κ1) is 19.6. The number of carbonyl (C=O) groups is 3. The molecular weight excluding hydrogens is 354 g/mol. The molecule has 1 aliphatic heterocycles. The molecule has 1 saturated heterocycles. The lowest BCUT2D eigenvalue weighted by atomic mass is 10.1. The van der Waals surface area contributed by atoms with Crippen LogP contribution in [0.4, 0.5) is 5.69 Å². The third-order valence-corrected chi connectivity index (χ3v) is 4.78. The Balaban J connectivity index is 1.60. The number of carbonyl (C=O) groups excluding carboxylic acids is 3. The van der Waals surface area contributed by atoms with E-state index in [2.05, 4.69) is 10.6 Å². The van der Waals surface area contributed by atoms with Crippen LogP contribution >= 0.6 is 0 Å². The van der Waals surface area contributed by atoms with E-state index in [-0.39, 0.29) is 30.7 Å². The number of anilines is 1. The van der Waals surface area contributed by atoms with Crippen LogP contribution in [0.5, 0.6) is 0 Å². The maximum absolute atomic E-state index is 12.6. The normalized spacial score (nSPS) is 13.2. The van der Waals surface area contributed by atoms with Gasteiger partial charge in [-0.3, -0.25) is 14.4 Å². The van der Waals surface area contributed by atoms with E-state index < -0.39 is 0 Å². The van der Waals surface area contributed by atoms with Crippen LogP contribution in [0.3, 0.4) is 0 Å². The first-order chi connectivity index (χ1) is 13.5. The largest absolute Gasteiger partial charge is 0.351 e. The zero-order valence-corrected chi connectivity index (χ0v) is 16.0. The average Bonchev–Trinajstić information content (AvgIpc) is 3.23. The number of likely N-dealkylation sites (tertiary alicyclic amines) is 1. The third-order valence-electron chi connectivity index (χ3n) is 4.78. The molecule has 3 rings (SSSR count). The lowest BCUT2D eigenvalue weighted by molar-refractivity contribution is -0.129. The first-order valence-corrected chi connectivity index (χ1v) is 9.57. The number of rotatable bonds is 6. The lowest BCUT2D eigenvalue weighted by Crippen LogP contribution is -2.33. The molecule has 2 N–H and O–H groups in total. The summed E-state index contributed by atoms with van der Waals surface area (Å²) in [6.45, 7) is 3.80. The van der Waals surface area contributed by atoms with Gasteiger partial charge < -0.3 is 15.5 Å². The van der Waals surface area contributed by atoms with Gasteiger partial charge in [-0.1, -0.05) is 29.8 Å². The topological polar surface area (TPSA) is 78.5 Å². The summed E-state index contributed by atoms with van der Waals surface area (Å²) in [5, 5.41) is 5.58. The molecule has 0 saturated carbocycles. The van der Waals surface area contributed by atoms with Crippen LogP contribution in [0.15, 0.2) is 48.5 Å². The summed E-state index contributed by atoms with van der Waals surface area (Å²) in [6, 6.07) is 14.1. The van der Waals surface area contributed by atoms with Crippen LogP contribution in [-0.4, -0.2) is 42.3 Å². The minimum Gasteiger partial charge on any atom is -0.351 e. The molecule has 0 bridgehead atoms. The fourth-order valence-electron chi connectivity index (χ4n) is 3.27. The molecule has 1 heterocycles. The molecule has 0 radical (unpaired) electrons. The van der Waals surface area contributed by atoms with Gasteiger partial charge in [0.2, 0.25) is 5.91 Å². The second-order valence-corrected chi connectivity index (χ2v) is 6.96. The van der Waals surface area contributed by atoms with Crippen LogP contribution in [0.1, 0.15) is 45.5 Å². The maximum atomic E-state index is 12.6. The first-order valence-electron chi connectivity index (χ1n) is 9.57. The van der Waals surface area contributed by atoms with Crippen molar-refractivity contribution in [3.05, 3.63) is 65.2 Å². The smallest absolute Gasteiger partial charge is 0.255 e. The van der Waals surface area contributed by atoms with Crippen molar-refractivity contribution < 1.29 is 14.4 Å². The van der Waals surface area contributed by atoms with Crippen molar-refractivity contribution in [3.8, 4) is 0 Å². The molecule has 0 unspecified atom stereocenters. The monoisotopic (exact) mass is 379 g/mol. The predicted octanol–water partition coefficient (Wildman–Crippen LogP) is 2.99. The molecule has 6 heteroatoms. The molecule has 0 aliphatic carbocycles. The van der Waals surface area contributed by atoms with E-state index in [1.165, 1.54) is 0 Å². The fourth-order valence-corrected chi connectivity index (χ4v) is 3.27. The Kier molecular flexibility index (Phi) is 6.42. The van der Waals surface area contributed by atoms with Crippen LogP contribution in [-0.2, 0) is 4.79 Å². The van der Waals surface area contributed by atoms with Gasteiger partial charge in [-0.25, -0.2) is 0 Å². The van der Waals surface area contributed by atoms with Crippen molar-refractivity contribution in [1.29, 1.82) is 0 Å². The molecule has 1 aliphatic rings. The van der Waals surface area contributed by atoms with Crippen molar-refractivity contribution in [2.75, 3.05) is 25.0 Å². The number of aryl methyl sites for hydroxylation is 1. The second-order valence-electron chi connectivity index (χ2n) is 6.96. The Bertz CT molecular complexity index is 873. The molecule has 0 atom stereocenters. The quantitative estimate of drug-likeness (QED) is 0.810. The summed E-state index contributed by atoms with van der Waals surface area (Å²) in [4.78, 5) is 39.0. The Labute approximate surface area is 164 Å². The summed E-state index contributed by atoms with van der Waals surface area (Å²) in [5.41, 5.74) is 2.34. The van der Waals surface area contributed by atoms with E-state index in [9.17, 15) is 14.4 Å². The highest BCUT2D eigenvalue weighted by Crippen LogP contribution is 2.17. The standard InChI is InChI=1S/C22H25N3O3/c1-16-7-6-8-17(15-16)21(27)24-19-10-3-2-9-18(19)22(28)23-12-11-20(26)25-13-4-5-14-25/h2-3,6-10,15H,4-5,11-14H2,1H3,(H,23,28)(H,24,27). The summed E-state index contributed by atoms with van der Waals surface area (Å²) >= 11 is 0. The van der Waals surface area contributed by atoms with Crippen molar-refractivity contribution in [2.24, 2.45) is 0 Å². The average molecular weight is 379 g/mol. The van der Waals surface area contributed by atoms with Crippen LogP contribution in [0.2, 0.25) is 0 Å². The van der Waals surface area contributed by atoms with Crippen molar-refractivity contribution in [1.82, 2.24) is 10.2 Å². The second kappa shape index (κ2) is 9.17. The number of benzene rings is 2. The van der Waals surface area contributed by atoms with E-state index in [1.807, 2.05) is 24.0 Å². The highest BCUT2D eigenvalue weighted by Gasteiger charge is 2.18. The van der Waals surface area contributed by atoms with Gasteiger partial charge in [-0.05, 0) is 44.0 Å². The van der Waals surface area contributed by atoms with Gasteiger partial charge in [0.1, 0.15) is 0 Å². The molecule has 28 heavy (non-hydrogen) atoms. The van der Waals surface area contributed by atoms with Crippen molar-refractivity contribution in [3.63, 3.8) is 0 Å². The van der Waals surface area contributed by atoms with E-state index in [0.29, 0.717) is 16.8 Å². The zero-order valence-electron chi connectivity index (χ0n) is 16.0. The minimum absolute atomic E-state index is 0.0684. The highest BCUT2D eigenvalue weighted by atomic mass is 16.2. The molecule has 3 amide bonds. The summed E-state index contributed by atoms with van der Waals surface area (Å²) in [7, 11) is 0. The van der Waals surface area contributed by atoms with Gasteiger partial charge in [0.15, 0.2) is 0 Å². The number of nitrogens with one attached hydrogen (secondary N) is 2. The van der Waals surface area contributed by atoms with Crippen LogP contribution < -0.4 is 10.6 Å². The SMILES string of the molecule is Cc1cccc(C(=O)Nc2ccccc2C(=O)NCCC(=O)N2CCCC2)c1. The number of amides is 3. The summed E-state index contributed by atoms with van der Waals surface area (Å²) in [5.74, 6) is -0.513. The Morgan fingerprint density at radius 3 is 2.46 bits per heavy atom. The number of hydrogen-bond donors (Lipinski definition) is 2. The van der Waals surface area contributed by atoms with Crippen molar-refractivity contribution in [2.45, 2.75) is 26.2 Å². The van der Waals surface area contributed by atoms with E-state index in [0.717, 1.165) is 31.5 Å². The van der Waals surface area contributed by atoms with Gasteiger partial charge in [-0.2, -0.15) is 0 Å². The van der Waals surface area contributed by atoms with Crippen LogP contribution in [0.25, 0.3) is 0 Å². The maximum Gasteiger partial charge on any atom is 0.255 e. The third kappa shape index (κ3) is 4.97. The molecule has 146 valence electrons. The minimum atomic E-state index is -0.311. The number of nitrogens with zero attached hydrogens (tertiary/aromatic N) is 1. The number of hydrogen-bond acceptors (Lipinski definition) is 3. The molecule has 2 aromatic rings. The van der Waals surface area contributed by atoms with Crippen LogP contribution in [0, 0.1) is 6.92 Å². The molecule has 2 aromatic carbocycles.